The van der Waals surface area contributed by atoms with Gasteiger partial charge in [-0.25, -0.2) is 13.6 Å². The second-order valence-corrected chi connectivity index (χ2v) is 10.5. The number of para-hydroxylation sites is 1. The fourth-order valence-electron chi connectivity index (χ4n) is 3.29. The molecule has 0 spiro atoms. The van der Waals surface area contributed by atoms with Gasteiger partial charge in [0.15, 0.2) is 11.7 Å². The molecular formula is C17H14ClF4N2O7PS. The van der Waals surface area contributed by atoms with Crippen LogP contribution in [-0.2, 0) is 32.2 Å². The molecule has 2 aliphatic heterocycles. The quantitative estimate of drug-likeness (QED) is 0.446. The first kappa shape index (κ1) is 24.3. The lowest BCUT2D eigenvalue weighted by Crippen LogP contribution is -2.54. The predicted molar refractivity (Wildman–Crippen MR) is 108 cm³/mol. The second-order valence-electron chi connectivity index (χ2n) is 7.14. The second kappa shape index (κ2) is 8.45. The van der Waals surface area contributed by atoms with Crippen LogP contribution in [0.15, 0.2) is 40.1 Å². The number of aromatic amines is 1. The molecule has 3 heterocycles. The van der Waals surface area contributed by atoms with Gasteiger partial charge < -0.3 is 14.4 Å². The van der Waals surface area contributed by atoms with E-state index in [4.69, 9.17) is 41.7 Å². The molecule has 0 amide bonds. The first-order chi connectivity index (χ1) is 15.4. The van der Waals surface area contributed by atoms with Gasteiger partial charge in [0.05, 0.1) is 13.2 Å². The van der Waals surface area contributed by atoms with E-state index in [9.17, 15) is 32.3 Å². The summed E-state index contributed by atoms with van der Waals surface area (Å²) in [6.45, 7) is -5.18. The maximum atomic E-state index is 14.9. The summed E-state index contributed by atoms with van der Waals surface area (Å²) in [5.74, 6) is -4.16. The Morgan fingerprint density at radius 2 is 2.06 bits per heavy atom. The van der Waals surface area contributed by atoms with Crippen LogP contribution in [0, 0.1) is 0 Å². The van der Waals surface area contributed by atoms with Crippen molar-refractivity contribution in [3.05, 3.63) is 61.9 Å². The van der Waals surface area contributed by atoms with Crippen LogP contribution in [0.25, 0.3) is 0 Å². The van der Waals surface area contributed by atoms with Crippen molar-refractivity contribution in [3.63, 3.8) is 0 Å². The predicted octanol–water partition coefficient (Wildman–Crippen LogP) is 2.57. The average Bonchev–Trinajstić information content (AvgIpc) is 2.96. The molecule has 4 atom stereocenters. The van der Waals surface area contributed by atoms with Crippen LogP contribution in [0.5, 0.6) is 5.75 Å². The van der Waals surface area contributed by atoms with Gasteiger partial charge in [-0.1, -0.05) is 29.8 Å². The number of benzene rings is 1. The van der Waals surface area contributed by atoms with Crippen LogP contribution >= 0.6 is 18.3 Å². The van der Waals surface area contributed by atoms with Crippen molar-refractivity contribution in [3.8, 4) is 5.75 Å². The summed E-state index contributed by atoms with van der Waals surface area (Å²) < 4.78 is 78.8. The zero-order valence-corrected chi connectivity index (χ0v) is 18.6. The normalized spacial score (nSPS) is 30.8. The molecule has 1 unspecified atom stereocenters. The summed E-state index contributed by atoms with van der Waals surface area (Å²) in [6.07, 6.45) is -9.13. The first-order valence-electron chi connectivity index (χ1n) is 9.09. The highest BCUT2D eigenvalue weighted by Crippen LogP contribution is 2.57. The van der Waals surface area contributed by atoms with Crippen molar-refractivity contribution in [2.45, 2.75) is 36.9 Å². The molecule has 2 N–H and O–H groups in total. The number of H-pyrrole nitrogens is 1. The minimum absolute atomic E-state index is 0.0808. The lowest BCUT2D eigenvalue weighted by atomic mass is 9.96. The van der Waals surface area contributed by atoms with Gasteiger partial charge >= 0.3 is 18.3 Å². The minimum atomic E-state index is -4.43. The lowest BCUT2D eigenvalue weighted by molar-refractivity contribution is -0.193. The molecule has 0 aliphatic carbocycles. The highest BCUT2D eigenvalue weighted by Gasteiger charge is 2.71. The van der Waals surface area contributed by atoms with E-state index in [1.54, 1.807) is 23.2 Å². The van der Waals surface area contributed by atoms with Gasteiger partial charge in [-0.3, -0.25) is 23.4 Å². The minimum Gasteiger partial charge on any atom is -0.424 e. The standard InChI is InChI=1S/C17H14ClF4N2O7PS/c18-9-5-24(15(27)23-11(9)25)14-17(21,22)12(26)16(30-14,13(19)20)7-29-32(33)28-6-8-3-1-2-4-10(8)31-32/h1-5,12-14,26H,6-7H2,(H,23,25,27)/t12-,14+,16+,32?/m0/s1. The first-order valence-corrected chi connectivity index (χ1v) is 12.0. The largest absolute Gasteiger partial charge is 0.424 e. The van der Waals surface area contributed by atoms with Gasteiger partial charge in [0.1, 0.15) is 10.8 Å². The van der Waals surface area contributed by atoms with Gasteiger partial charge in [-0.2, -0.15) is 8.78 Å². The van der Waals surface area contributed by atoms with Crippen molar-refractivity contribution in [1.82, 2.24) is 9.55 Å². The van der Waals surface area contributed by atoms with Crippen molar-refractivity contribution in [2.24, 2.45) is 0 Å². The van der Waals surface area contributed by atoms with E-state index >= 15 is 0 Å². The number of hydrogen-bond donors (Lipinski definition) is 2. The number of aromatic nitrogens is 2. The molecule has 4 rings (SSSR count). The molecule has 2 aromatic rings. The highest BCUT2D eigenvalue weighted by atomic mass is 35.5. The number of ether oxygens (including phenoxy) is 1. The Kier molecular flexibility index (Phi) is 6.23. The van der Waals surface area contributed by atoms with Crippen molar-refractivity contribution in [1.29, 1.82) is 0 Å². The van der Waals surface area contributed by atoms with Crippen molar-refractivity contribution in [2.75, 3.05) is 6.61 Å². The summed E-state index contributed by atoms with van der Waals surface area (Å²) in [5.41, 5.74) is -5.24. The third kappa shape index (κ3) is 4.14. The molecule has 1 fully saturated rings. The van der Waals surface area contributed by atoms with Crippen LogP contribution in [0.2, 0.25) is 5.02 Å². The molecule has 2 aliphatic rings. The highest BCUT2D eigenvalue weighted by molar-refractivity contribution is 8.07. The SMILES string of the molecule is O=c1[nH]c(=O)n([C@@H]2O[C@@](COP3(=S)OCc4ccccc4O3)(C(F)F)[C@H](O)C2(F)F)cc1Cl. The summed E-state index contributed by atoms with van der Waals surface area (Å²) in [4.78, 5) is 25.1. The number of alkyl halides is 4. The molecule has 0 saturated carbocycles. The Labute approximate surface area is 192 Å². The molecular weight excluding hydrogens is 519 g/mol. The third-order valence-electron chi connectivity index (χ3n) is 5.04. The number of nitrogens with zero attached hydrogens (tertiary/aromatic N) is 1. The monoisotopic (exact) mass is 532 g/mol. The molecule has 180 valence electrons. The van der Waals surface area contributed by atoms with E-state index in [-0.39, 0.29) is 16.9 Å². The molecule has 16 heteroatoms. The molecule has 1 aromatic carbocycles. The Morgan fingerprint density at radius 1 is 1.36 bits per heavy atom. The van der Waals surface area contributed by atoms with E-state index in [0.717, 1.165) is 0 Å². The van der Waals surface area contributed by atoms with Crippen molar-refractivity contribution < 1.29 is 41.0 Å². The van der Waals surface area contributed by atoms with Crippen LogP contribution < -0.4 is 15.8 Å². The maximum Gasteiger partial charge on any atom is 0.381 e. The molecule has 9 nitrogen and oxygen atoms in total. The topological polar surface area (TPSA) is 112 Å². The number of halogens is 5. The number of nitrogens with one attached hydrogen (secondary N) is 1. The summed E-state index contributed by atoms with van der Waals surface area (Å²) in [6, 6.07) is 6.51. The van der Waals surface area contributed by atoms with E-state index in [1.807, 2.05) is 0 Å². The summed E-state index contributed by atoms with van der Waals surface area (Å²) >= 11 is 10.7. The zero-order chi connectivity index (χ0) is 24.2. The maximum absolute atomic E-state index is 14.9. The Balaban J connectivity index is 1.65. The van der Waals surface area contributed by atoms with E-state index < -0.39 is 59.9 Å². The van der Waals surface area contributed by atoms with Gasteiger partial charge in [0.25, 0.3) is 12.0 Å². The van der Waals surface area contributed by atoms with E-state index in [0.29, 0.717) is 11.8 Å². The smallest absolute Gasteiger partial charge is 0.381 e. The Hall–Kier alpha value is -1.80. The van der Waals surface area contributed by atoms with Gasteiger partial charge in [0.2, 0.25) is 6.23 Å². The van der Waals surface area contributed by atoms with Crippen LogP contribution in [0.3, 0.4) is 0 Å². The zero-order valence-electron chi connectivity index (χ0n) is 16.1. The lowest BCUT2D eigenvalue weighted by Gasteiger charge is -2.34. The van der Waals surface area contributed by atoms with Gasteiger partial charge in [0, 0.05) is 23.6 Å². The average molecular weight is 533 g/mol. The van der Waals surface area contributed by atoms with Crippen LogP contribution in [0.1, 0.15) is 11.8 Å². The van der Waals surface area contributed by atoms with Gasteiger partial charge in [-0.05, 0) is 6.07 Å². The number of hydrogen-bond acceptors (Lipinski definition) is 8. The molecule has 33 heavy (non-hydrogen) atoms. The van der Waals surface area contributed by atoms with Crippen LogP contribution in [0.4, 0.5) is 17.6 Å². The third-order valence-corrected chi connectivity index (χ3v) is 7.48. The van der Waals surface area contributed by atoms with E-state index in [2.05, 4.69) is 0 Å². The molecule has 0 bridgehead atoms. The van der Waals surface area contributed by atoms with Crippen LogP contribution in [-0.4, -0.2) is 45.3 Å². The number of fused-ring (bicyclic) bond motifs is 1. The van der Waals surface area contributed by atoms with Gasteiger partial charge in [-0.15, -0.1) is 0 Å². The molecule has 1 saturated heterocycles. The number of rotatable bonds is 5. The van der Waals surface area contributed by atoms with Crippen molar-refractivity contribution >= 4 is 30.1 Å². The Morgan fingerprint density at radius 3 is 2.76 bits per heavy atom. The summed E-state index contributed by atoms with van der Waals surface area (Å²) in [5, 5.41) is 9.51. The van der Waals surface area contributed by atoms with E-state index in [1.165, 1.54) is 6.07 Å². The number of aliphatic hydroxyl groups excluding tert-OH is 1. The Bertz CT molecular complexity index is 1240. The molecule has 0 radical (unpaired) electrons. The fraction of sp³-hybridized carbons (Fsp3) is 0.412. The number of aliphatic hydroxyl groups is 1. The fourth-order valence-corrected chi connectivity index (χ4v) is 5.25. The summed E-state index contributed by atoms with van der Waals surface area (Å²) in [7, 11) is 0. The molecule has 1 aromatic heterocycles.